The van der Waals surface area contributed by atoms with E-state index in [0.717, 1.165) is 0 Å². The molecule has 0 spiro atoms. The van der Waals surface area contributed by atoms with Crippen molar-refractivity contribution in [3.8, 4) is 5.75 Å². The summed E-state index contributed by atoms with van der Waals surface area (Å²) in [6, 6.07) is 9.29. The number of nitrogens with zero attached hydrogens (tertiary/aromatic N) is 1. The second kappa shape index (κ2) is 8.70. The Morgan fingerprint density at radius 3 is 2.58 bits per heavy atom. The molecule has 10 heteroatoms. The molecular weight excluding hydrogens is 444 g/mol. The molecule has 31 heavy (non-hydrogen) atoms. The highest BCUT2D eigenvalue weighted by molar-refractivity contribution is 7.89. The van der Waals surface area contributed by atoms with E-state index in [1.165, 1.54) is 44.2 Å². The lowest BCUT2D eigenvalue weighted by Crippen LogP contribution is -2.25. The lowest BCUT2D eigenvalue weighted by molar-refractivity contribution is 0.172. The first-order valence-corrected chi connectivity index (χ1v) is 11.1. The van der Waals surface area contributed by atoms with E-state index in [2.05, 4.69) is 4.72 Å². The Hall–Kier alpha value is -2.88. The summed E-state index contributed by atoms with van der Waals surface area (Å²) in [5.41, 5.74) is 1.30. The molecule has 0 atom stereocenters. The van der Waals surface area contributed by atoms with Crippen molar-refractivity contribution >= 4 is 38.7 Å². The minimum absolute atomic E-state index is 0.0770. The number of ether oxygens (including phenoxy) is 1. The predicted octanol–water partition coefficient (Wildman–Crippen LogP) is 3.31. The van der Waals surface area contributed by atoms with Crippen LogP contribution < -0.4 is 15.1 Å². The molecular formula is C21H21ClN2O6S. The highest BCUT2D eigenvalue weighted by Gasteiger charge is 2.18. The summed E-state index contributed by atoms with van der Waals surface area (Å²) in [5.74, 6) is 0.0770. The lowest BCUT2D eigenvalue weighted by atomic mass is 9.99. The van der Waals surface area contributed by atoms with E-state index in [-0.39, 0.29) is 27.7 Å². The third kappa shape index (κ3) is 4.73. The molecule has 1 amide bonds. The Bertz CT molecular complexity index is 1330. The van der Waals surface area contributed by atoms with Crippen LogP contribution in [0.2, 0.25) is 5.02 Å². The van der Waals surface area contributed by atoms with Gasteiger partial charge in [-0.25, -0.2) is 22.7 Å². The van der Waals surface area contributed by atoms with Crippen LogP contribution in [0.25, 0.3) is 11.0 Å². The van der Waals surface area contributed by atoms with Crippen molar-refractivity contribution in [2.45, 2.75) is 18.2 Å². The second-order valence-electron chi connectivity index (χ2n) is 7.07. The van der Waals surface area contributed by atoms with Gasteiger partial charge in [-0.15, -0.1) is 0 Å². The maximum Gasteiger partial charge on any atom is 0.414 e. The predicted molar refractivity (Wildman–Crippen MR) is 117 cm³/mol. The van der Waals surface area contributed by atoms with Crippen molar-refractivity contribution in [1.29, 1.82) is 0 Å². The number of halogens is 1. The summed E-state index contributed by atoms with van der Waals surface area (Å²) in [7, 11) is 0.788. The van der Waals surface area contributed by atoms with Gasteiger partial charge in [0.15, 0.2) is 5.75 Å². The summed E-state index contributed by atoms with van der Waals surface area (Å²) < 4.78 is 37.0. The van der Waals surface area contributed by atoms with E-state index in [0.29, 0.717) is 22.1 Å². The first kappa shape index (κ1) is 22.8. The molecule has 8 nitrogen and oxygen atoms in total. The maximum atomic E-state index is 12.7. The van der Waals surface area contributed by atoms with Crippen molar-refractivity contribution in [1.82, 2.24) is 9.62 Å². The van der Waals surface area contributed by atoms with Gasteiger partial charge in [0.2, 0.25) is 10.0 Å². The Labute approximate surface area is 184 Å². The zero-order valence-electron chi connectivity index (χ0n) is 17.4. The first-order chi connectivity index (χ1) is 14.5. The first-order valence-electron chi connectivity index (χ1n) is 9.21. The van der Waals surface area contributed by atoms with E-state index >= 15 is 0 Å². The van der Waals surface area contributed by atoms with Gasteiger partial charge in [0.25, 0.3) is 0 Å². The van der Waals surface area contributed by atoms with Crippen LogP contribution in [0.4, 0.5) is 4.79 Å². The summed E-state index contributed by atoms with van der Waals surface area (Å²) in [6.45, 7) is 1.75. The quantitative estimate of drug-likeness (QED) is 0.580. The average molecular weight is 465 g/mol. The summed E-state index contributed by atoms with van der Waals surface area (Å²) in [5, 5.41) is 0.774. The van der Waals surface area contributed by atoms with Crippen molar-refractivity contribution < 1.29 is 22.4 Å². The van der Waals surface area contributed by atoms with Gasteiger partial charge in [-0.05, 0) is 43.3 Å². The lowest BCUT2D eigenvalue weighted by Gasteiger charge is -2.13. The molecule has 164 valence electrons. The van der Waals surface area contributed by atoms with Gasteiger partial charge in [-0.3, -0.25) is 0 Å². The molecule has 1 aromatic heterocycles. The molecule has 3 rings (SSSR count). The fourth-order valence-electron chi connectivity index (χ4n) is 3.00. The molecule has 0 bridgehead atoms. The molecule has 0 aliphatic heterocycles. The van der Waals surface area contributed by atoms with Gasteiger partial charge in [-0.2, -0.15) is 0 Å². The van der Waals surface area contributed by atoms with Gasteiger partial charge in [0, 0.05) is 37.5 Å². The summed E-state index contributed by atoms with van der Waals surface area (Å²) in [4.78, 5) is 25.8. The van der Waals surface area contributed by atoms with Gasteiger partial charge >= 0.3 is 11.7 Å². The van der Waals surface area contributed by atoms with Crippen LogP contribution in [0.1, 0.15) is 16.7 Å². The molecule has 0 aliphatic carbocycles. The van der Waals surface area contributed by atoms with Crippen LogP contribution in [0.15, 0.2) is 50.5 Å². The molecule has 0 aliphatic rings. The van der Waals surface area contributed by atoms with E-state index in [1.807, 2.05) is 0 Å². The number of carbonyl (C=O) groups is 1. The Morgan fingerprint density at radius 2 is 1.94 bits per heavy atom. The number of sulfonamides is 1. The Kier molecular flexibility index (Phi) is 6.40. The van der Waals surface area contributed by atoms with Crippen LogP contribution in [0, 0.1) is 6.92 Å². The molecule has 0 unspecified atom stereocenters. The van der Waals surface area contributed by atoms with Crippen molar-refractivity contribution in [2.24, 2.45) is 0 Å². The summed E-state index contributed by atoms with van der Waals surface area (Å²) >= 11 is 6.27. The van der Waals surface area contributed by atoms with Crippen molar-refractivity contribution in [3.05, 3.63) is 68.5 Å². The number of aryl methyl sites for hydroxylation is 1. The number of rotatable bonds is 5. The van der Waals surface area contributed by atoms with Crippen LogP contribution in [0.5, 0.6) is 5.75 Å². The minimum atomic E-state index is -3.61. The Morgan fingerprint density at radius 1 is 1.23 bits per heavy atom. The number of carbonyl (C=O) groups excluding carboxylic acids is 1. The normalized spacial score (nSPS) is 11.5. The number of hydrogen-bond acceptors (Lipinski definition) is 6. The molecule has 3 aromatic rings. The third-order valence-corrected chi connectivity index (χ3v) is 6.47. The fraction of sp³-hybridized carbons (Fsp3) is 0.238. The number of fused-ring (bicyclic) bond motifs is 1. The highest BCUT2D eigenvalue weighted by Crippen LogP contribution is 2.32. The van der Waals surface area contributed by atoms with Crippen LogP contribution in [-0.4, -0.2) is 40.6 Å². The number of hydrogen-bond donors (Lipinski definition) is 1. The number of benzene rings is 2. The van der Waals surface area contributed by atoms with Gasteiger partial charge < -0.3 is 14.1 Å². The minimum Gasteiger partial charge on any atom is -0.422 e. The molecule has 0 radical (unpaired) electrons. The molecule has 0 fully saturated rings. The van der Waals surface area contributed by atoms with Crippen molar-refractivity contribution in [3.63, 3.8) is 0 Å². The van der Waals surface area contributed by atoms with Gasteiger partial charge in [-0.1, -0.05) is 23.7 Å². The third-order valence-electron chi connectivity index (χ3n) is 4.76. The van der Waals surface area contributed by atoms with Crippen LogP contribution >= 0.6 is 11.6 Å². The zero-order chi connectivity index (χ0) is 22.9. The number of amides is 1. The van der Waals surface area contributed by atoms with Gasteiger partial charge in [0.1, 0.15) is 5.58 Å². The van der Waals surface area contributed by atoms with E-state index in [1.54, 1.807) is 25.1 Å². The second-order valence-corrected chi connectivity index (χ2v) is 9.36. The van der Waals surface area contributed by atoms with Gasteiger partial charge in [0.05, 0.1) is 9.92 Å². The van der Waals surface area contributed by atoms with Crippen LogP contribution in [-0.2, 0) is 16.4 Å². The largest absolute Gasteiger partial charge is 0.422 e. The summed E-state index contributed by atoms with van der Waals surface area (Å²) in [6.07, 6.45) is -0.444. The molecule has 1 heterocycles. The van der Waals surface area contributed by atoms with E-state index in [4.69, 9.17) is 20.8 Å². The average Bonchev–Trinajstić information content (AvgIpc) is 2.72. The smallest absolute Gasteiger partial charge is 0.414 e. The molecule has 2 aromatic carbocycles. The maximum absolute atomic E-state index is 12.7. The SMILES string of the molecule is CNS(=O)(=O)c1cccc(Cc2c(C)c3cc(Cl)c(OC(=O)N(C)C)cc3oc2=O)c1. The topological polar surface area (TPSA) is 106 Å². The molecule has 1 N–H and O–H groups in total. The standard InChI is InChI=1S/C21H21ClN2O6S/c1-12-15-10-17(22)19(30-21(26)24(3)4)11-18(15)29-20(25)16(12)9-13-6-5-7-14(8-13)31(27,28)23-2/h5-8,10-11,23H,9H2,1-4H3. The molecule has 0 saturated heterocycles. The van der Waals surface area contributed by atoms with Crippen LogP contribution in [0.3, 0.4) is 0 Å². The Balaban J connectivity index is 2.05. The van der Waals surface area contributed by atoms with E-state index in [9.17, 15) is 18.0 Å². The fourth-order valence-corrected chi connectivity index (χ4v) is 4.00. The molecule has 0 saturated carbocycles. The van der Waals surface area contributed by atoms with E-state index < -0.39 is 21.7 Å². The van der Waals surface area contributed by atoms with Crippen molar-refractivity contribution in [2.75, 3.05) is 21.1 Å². The number of nitrogens with one attached hydrogen (secondary N) is 1. The monoisotopic (exact) mass is 464 g/mol. The zero-order valence-corrected chi connectivity index (χ0v) is 18.9. The highest BCUT2D eigenvalue weighted by atomic mass is 35.5.